The first kappa shape index (κ1) is 17.6. The van der Waals surface area contributed by atoms with Crippen LogP contribution in [0.5, 0.6) is 0 Å². The molecule has 3 rings (SSSR count). The smallest absolute Gasteiger partial charge is 0.265 e. The number of likely N-dealkylation sites (N-methyl/N-ethyl adjacent to an activating group) is 1. The monoisotopic (exact) mass is 360 g/mol. The quantitative estimate of drug-likeness (QED) is 0.857. The minimum Gasteiger partial charge on any atom is -0.386 e. The summed E-state index contributed by atoms with van der Waals surface area (Å²) >= 11 is 1.38. The molecule has 0 bridgehead atoms. The predicted molar refractivity (Wildman–Crippen MR) is 95.7 cm³/mol. The fraction of sp³-hybridized carbons (Fsp3) is 0.333. The highest BCUT2D eigenvalue weighted by Gasteiger charge is 2.33. The van der Waals surface area contributed by atoms with E-state index in [0.717, 1.165) is 0 Å². The van der Waals surface area contributed by atoms with Crippen molar-refractivity contribution in [3.05, 3.63) is 52.2 Å². The Hall–Kier alpha value is -2.22. The summed E-state index contributed by atoms with van der Waals surface area (Å²) in [4.78, 5) is 26.2. The minimum atomic E-state index is -0.841. The molecule has 7 heteroatoms. The number of thiophene rings is 1. The summed E-state index contributed by atoms with van der Waals surface area (Å²) in [7, 11) is 0. The van der Waals surface area contributed by atoms with E-state index < -0.39 is 12.1 Å². The maximum absolute atomic E-state index is 12.0. The number of anilines is 1. The molecular formula is C18H20N2O4S. The molecule has 2 aromatic rings. The van der Waals surface area contributed by atoms with Crippen LogP contribution in [0.3, 0.4) is 0 Å². The number of hydrogen-bond acceptors (Lipinski definition) is 5. The summed E-state index contributed by atoms with van der Waals surface area (Å²) in [5, 5.41) is 15.3. The predicted octanol–water partition coefficient (Wildman–Crippen LogP) is 2.28. The molecule has 1 aliphatic heterocycles. The molecule has 1 aliphatic rings. The maximum atomic E-state index is 12.0. The molecule has 1 aromatic heterocycles. The zero-order chi connectivity index (χ0) is 17.8. The third kappa shape index (κ3) is 3.89. The number of carbonyl (C=O) groups is 2. The molecule has 1 saturated heterocycles. The van der Waals surface area contributed by atoms with Gasteiger partial charge in [0.05, 0.1) is 17.5 Å². The van der Waals surface area contributed by atoms with Gasteiger partial charge in [0, 0.05) is 12.2 Å². The fourth-order valence-electron chi connectivity index (χ4n) is 2.88. The number of aliphatic hydroxyl groups excluding tert-OH is 1. The van der Waals surface area contributed by atoms with Gasteiger partial charge < -0.3 is 20.1 Å². The Kier molecular flexibility index (Phi) is 5.47. The largest absolute Gasteiger partial charge is 0.386 e. The normalized spacial score (nSPS) is 18.9. The Labute approximate surface area is 150 Å². The number of aliphatic hydroxyl groups is 1. The van der Waals surface area contributed by atoms with Crippen molar-refractivity contribution in [2.75, 3.05) is 25.1 Å². The van der Waals surface area contributed by atoms with Crippen LogP contribution >= 0.6 is 11.3 Å². The topological polar surface area (TPSA) is 78.9 Å². The molecule has 2 amide bonds. The Morgan fingerprint density at radius 3 is 2.80 bits per heavy atom. The van der Waals surface area contributed by atoms with Gasteiger partial charge in [-0.1, -0.05) is 18.2 Å². The standard InChI is InChI=1S/C18H20N2O4S/c1-2-20-14(10-24-11-16(20)21)17(22)12-5-7-13(8-6-12)19-18(23)15-4-3-9-25-15/h3-9,14,17,22H,2,10-11H2,1H3,(H,19,23)/t14-,17-/m1/s1. The summed E-state index contributed by atoms with van der Waals surface area (Å²) in [6, 6.07) is 10.2. The molecule has 6 nitrogen and oxygen atoms in total. The number of carbonyl (C=O) groups excluding carboxylic acids is 2. The van der Waals surface area contributed by atoms with Gasteiger partial charge in [-0.05, 0) is 36.1 Å². The van der Waals surface area contributed by atoms with Crippen LogP contribution in [0.1, 0.15) is 28.3 Å². The van der Waals surface area contributed by atoms with E-state index in [1.807, 2.05) is 18.4 Å². The second-order valence-corrected chi connectivity index (χ2v) is 6.71. The number of amides is 2. The lowest BCUT2D eigenvalue weighted by atomic mass is 10.00. The SMILES string of the molecule is CCN1C(=O)COC[C@@H]1[C@H](O)c1ccc(NC(=O)c2cccs2)cc1. The van der Waals surface area contributed by atoms with E-state index >= 15 is 0 Å². The van der Waals surface area contributed by atoms with Gasteiger partial charge in [0.2, 0.25) is 5.91 Å². The van der Waals surface area contributed by atoms with E-state index in [1.165, 1.54) is 11.3 Å². The van der Waals surface area contributed by atoms with Gasteiger partial charge in [-0.2, -0.15) is 0 Å². The average molecular weight is 360 g/mol. The van der Waals surface area contributed by atoms with Crippen molar-refractivity contribution in [1.29, 1.82) is 0 Å². The number of nitrogens with zero attached hydrogens (tertiary/aromatic N) is 1. The van der Waals surface area contributed by atoms with Crippen LogP contribution < -0.4 is 5.32 Å². The first-order valence-corrected chi connectivity index (χ1v) is 8.98. The highest BCUT2D eigenvalue weighted by Crippen LogP contribution is 2.25. The fourth-order valence-corrected chi connectivity index (χ4v) is 3.50. The van der Waals surface area contributed by atoms with Gasteiger partial charge in [-0.25, -0.2) is 0 Å². The Morgan fingerprint density at radius 2 is 2.16 bits per heavy atom. The van der Waals surface area contributed by atoms with Crippen LogP contribution in [-0.4, -0.2) is 47.6 Å². The molecule has 132 valence electrons. The summed E-state index contributed by atoms with van der Waals surface area (Å²) in [6.07, 6.45) is -0.841. The molecule has 1 aromatic carbocycles. The molecule has 25 heavy (non-hydrogen) atoms. The van der Waals surface area contributed by atoms with Crippen LogP contribution in [0.2, 0.25) is 0 Å². The van der Waals surface area contributed by atoms with Gasteiger partial charge in [0.1, 0.15) is 12.7 Å². The van der Waals surface area contributed by atoms with Crippen molar-refractivity contribution in [1.82, 2.24) is 4.90 Å². The Balaban J connectivity index is 1.69. The van der Waals surface area contributed by atoms with Gasteiger partial charge in [0.15, 0.2) is 0 Å². The van der Waals surface area contributed by atoms with Crippen LogP contribution in [0, 0.1) is 0 Å². The van der Waals surface area contributed by atoms with Gasteiger partial charge in [-0.15, -0.1) is 11.3 Å². The molecular weight excluding hydrogens is 340 g/mol. The van der Waals surface area contributed by atoms with Crippen molar-refractivity contribution >= 4 is 28.8 Å². The molecule has 2 atom stereocenters. The second-order valence-electron chi connectivity index (χ2n) is 5.76. The Bertz CT molecular complexity index is 730. The number of morpholine rings is 1. The summed E-state index contributed by atoms with van der Waals surface area (Å²) < 4.78 is 5.28. The molecule has 0 saturated carbocycles. The molecule has 0 spiro atoms. The molecule has 1 fully saturated rings. The highest BCUT2D eigenvalue weighted by molar-refractivity contribution is 7.12. The van der Waals surface area contributed by atoms with Gasteiger partial charge >= 0.3 is 0 Å². The zero-order valence-corrected chi connectivity index (χ0v) is 14.7. The summed E-state index contributed by atoms with van der Waals surface area (Å²) in [5.41, 5.74) is 1.33. The maximum Gasteiger partial charge on any atom is 0.265 e. The first-order valence-electron chi connectivity index (χ1n) is 8.10. The number of nitrogens with one attached hydrogen (secondary N) is 1. The molecule has 0 unspecified atom stereocenters. The van der Waals surface area contributed by atoms with Gasteiger partial charge in [0.25, 0.3) is 5.91 Å². The minimum absolute atomic E-state index is 0.0603. The van der Waals surface area contributed by atoms with Crippen LogP contribution in [-0.2, 0) is 9.53 Å². The molecule has 0 aliphatic carbocycles. The zero-order valence-electron chi connectivity index (χ0n) is 13.8. The Morgan fingerprint density at radius 1 is 1.40 bits per heavy atom. The lowest BCUT2D eigenvalue weighted by Crippen LogP contribution is -2.51. The van der Waals surface area contributed by atoms with E-state index in [0.29, 0.717) is 29.3 Å². The van der Waals surface area contributed by atoms with E-state index in [9.17, 15) is 14.7 Å². The van der Waals surface area contributed by atoms with E-state index in [1.54, 1.807) is 35.2 Å². The lowest BCUT2D eigenvalue weighted by molar-refractivity contribution is -0.153. The van der Waals surface area contributed by atoms with Crippen molar-refractivity contribution in [3.8, 4) is 0 Å². The van der Waals surface area contributed by atoms with Gasteiger partial charge in [-0.3, -0.25) is 9.59 Å². The summed E-state index contributed by atoms with van der Waals surface area (Å²) in [5.74, 6) is -0.274. The number of hydrogen-bond donors (Lipinski definition) is 2. The summed E-state index contributed by atoms with van der Waals surface area (Å²) in [6.45, 7) is 2.77. The van der Waals surface area contributed by atoms with Crippen molar-refractivity contribution in [2.24, 2.45) is 0 Å². The number of rotatable bonds is 5. The van der Waals surface area contributed by atoms with E-state index in [2.05, 4.69) is 5.32 Å². The van der Waals surface area contributed by atoms with Crippen LogP contribution in [0.15, 0.2) is 41.8 Å². The van der Waals surface area contributed by atoms with Crippen LogP contribution in [0.4, 0.5) is 5.69 Å². The highest BCUT2D eigenvalue weighted by atomic mass is 32.1. The lowest BCUT2D eigenvalue weighted by Gasteiger charge is -2.37. The third-order valence-corrected chi connectivity index (χ3v) is 5.06. The van der Waals surface area contributed by atoms with Crippen LogP contribution in [0.25, 0.3) is 0 Å². The molecule has 2 N–H and O–H groups in total. The van der Waals surface area contributed by atoms with E-state index in [4.69, 9.17) is 4.74 Å². The van der Waals surface area contributed by atoms with E-state index in [-0.39, 0.29) is 18.4 Å². The number of ether oxygens (including phenoxy) is 1. The van der Waals surface area contributed by atoms with Crippen molar-refractivity contribution in [3.63, 3.8) is 0 Å². The number of benzene rings is 1. The molecule has 0 radical (unpaired) electrons. The van der Waals surface area contributed by atoms with Crippen molar-refractivity contribution in [2.45, 2.75) is 19.1 Å². The average Bonchev–Trinajstić information content (AvgIpc) is 3.16. The first-order chi connectivity index (χ1) is 12.1. The second kappa shape index (κ2) is 7.77. The third-order valence-electron chi connectivity index (χ3n) is 4.20. The molecule has 2 heterocycles. The van der Waals surface area contributed by atoms with Crippen molar-refractivity contribution < 1.29 is 19.4 Å².